The SMILES string of the molecule is O=C1C=C2C=C(c3ccc(Br)s3)C(=O)C=C2C=C1c1ccc(Br)s1. The number of hydrogen-bond donors (Lipinski definition) is 0. The lowest BCUT2D eigenvalue weighted by Gasteiger charge is -2.18. The van der Waals surface area contributed by atoms with Crippen LogP contribution < -0.4 is 0 Å². The minimum Gasteiger partial charge on any atom is -0.289 e. The molecule has 2 aromatic heterocycles. The summed E-state index contributed by atoms with van der Waals surface area (Å²) in [7, 11) is 0. The van der Waals surface area contributed by atoms with E-state index in [0.717, 1.165) is 28.5 Å². The summed E-state index contributed by atoms with van der Waals surface area (Å²) in [6.45, 7) is 0. The van der Waals surface area contributed by atoms with Gasteiger partial charge in [-0.05, 0) is 91.6 Å². The number of thiophene rings is 2. The number of ketones is 2. The Hall–Kier alpha value is -1.34. The molecule has 2 aromatic rings. The van der Waals surface area contributed by atoms with Gasteiger partial charge in [0.2, 0.25) is 0 Å². The number of fused-ring (bicyclic) bond motifs is 1. The molecule has 24 heavy (non-hydrogen) atoms. The first-order chi connectivity index (χ1) is 11.5. The number of carbonyl (C=O) groups is 2. The Bertz CT molecular complexity index is 933. The van der Waals surface area contributed by atoms with Crippen molar-refractivity contribution in [2.45, 2.75) is 0 Å². The van der Waals surface area contributed by atoms with Gasteiger partial charge in [0.15, 0.2) is 11.6 Å². The second-order valence-electron chi connectivity index (χ2n) is 5.25. The van der Waals surface area contributed by atoms with Crippen LogP contribution >= 0.6 is 54.5 Å². The summed E-state index contributed by atoms with van der Waals surface area (Å²) < 4.78 is 1.94. The highest BCUT2D eigenvalue weighted by Crippen LogP contribution is 2.38. The average molecular weight is 480 g/mol. The van der Waals surface area contributed by atoms with Crippen molar-refractivity contribution in [3.05, 3.63) is 77.0 Å². The van der Waals surface area contributed by atoms with Crippen molar-refractivity contribution in [3.63, 3.8) is 0 Å². The Morgan fingerprint density at radius 1 is 0.625 bits per heavy atom. The van der Waals surface area contributed by atoms with E-state index in [-0.39, 0.29) is 11.6 Å². The van der Waals surface area contributed by atoms with Crippen molar-refractivity contribution in [3.8, 4) is 0 Å². The standard InChI is InChI=1S/C18H8Br2O2S2/c19-17-3-1-15(23-17)11-5-9-8-14(22)12(6-10(9)7-13(11)21)16-2-4-18(20)24-16/h1-8H. The van der Waals surface area contributed by atoms with Crippen LogP contribution in [0, 0.1) is 0 Å². The molecule has 0 saturated heterocycles. The highest BCUT2D eigenvalue weighted by atomic mass is 79.9. The van der Waals surface area contributed by atoms with Gasteiger partial charge < -0.3 is 0 Å². The normalized spacial score (nSPS) is 17.1. The summed E-state index contributed by atoms with van der Waals surface area (Å²) in [4.78, 5) is 26.8. The van der Waals surface area contributed by atoms with E-state index in [1.165, 1.54) is 22.7 Å². The van der Waals surface area contributed by atoms with Gasteiger partial charge in [-0.25, -0.2) is 0 Å². The zero-order valence-corrected chi connectivity index (χ0v) is 16.8. The fourth-order valence-corrected chi connectivity index (χ4v) is 5.43. The zero-order chi connectivity index (χ0) is 16.8. The summed E-state index contributed by atoms with van der Waals surface area (Å²) in [6, 6.07) is 7.65. The maximum Gasteiger partial charge on any atom is 0.187 e. The number of rotatable bonds is 2. The Morgan fingerprint density at radius 3 is 1.38 bits per heavy atom. The Kier molecular flexibility index (Phi) is 4.16. The number of carbonyl (C=O) groups excluding carboxylic acids is 2. The average Bonchev–Trinajstić information content (AvgIpc) is 3.15. The molecule has 0 radical (unpaired) electrons. The summed E-state index contributed by atoms with van der Waals surface area (Å²) in [6.07, 6.45) is 6.85. The van der Waals surface area contributed by atoms with E-state index in [1.54, 1.807) is 12.2 Å². The van der Waals surface area contributed by atoms with E-state index in [1.807, 2.05) is 36.4 Å². The fraction of sp³-hybridized carbons (Fsp3) is 0. The molecule has 2 aliphatic rings. The second-order valence-corrected chi connectivity index (χ2v) is 10.2. The van der Waals surface area contributed by atoms with Crippen LogP contribution in [0.5, 0.6) is 0 Å². The van der Waals surface area contributed by atoms with Crippen molar-refractivity contribution >= 4 is 77.2 Å². The van der Waals surface area contributed by atoms with Crippen LogP contribution in [0.25, 0.3) is 11.1 Å². The highest BCUT2D eigenvalue weighted by molar-refractivity contribution is 9.11. The van der Waals surface area contributed by atoms with Gasteiger partial charge in [0.05, 0.1) is 7.57 Å². The Balaban J connectivity index is 1.75. The minimum absolute atomic E-state index is 0.0335. The van der Waals surface area contributed by atoms with Gasteiger partial charge in [0.25, 0.3) is 0 Å². The lowest BCUT2D eigenvalue weighted by molar-refractivity contribution is -0.110. The first kappa shape index (κ1) is 16.1. The van der Waals surface area contributed by atoms with Crippen molar-refractivity contribution in [1.29, 1.82) is 0 Å². The van der Waals surface area contributed by atoms with Crippen molar-refractivity contribution < 1.29 is 9.59 Å². The molecular weight excluding hydrogens is 472 g/mol. The Morgan fingerprint density at radius 2 is 1.04 bits per heavy atom. The Labute approximate surface area is 163 Å². The van der Waals surface area contributed by atoms with Crippen LogP contribution in [0.3, 0.4) is 0 Å². The molecule has 0 bridgehead atoms. The van der Waals surface area contributed by atoms with Crippen molar-refractivity contribution in [2.24, 2.45) is 0 Å². The van der Waals surface area contributed by atoms with E-state index in [9.17, 15) is 9.59 Å². The number of hydrogen-bond acceptors (Lipinski definition) is 4. The first-order valence-electron chi connectivity index (χ1n) is 6.98. The van der Waals surface area contributed by atoms with Gasteiger partial charge in [-0.15, -0.1) is 22.7 Å². The topological polar surface area (TPSA) is 34.1 Å². The minimum atomic E-state index is -0.0335. The molecule has 118 valence electrons. The molecule has 2 nitrogen and oxygen atoms in total. The molecule has 0 N–H and O–H groups in total. The fourth-order valence-electron chi connectivity index (χ4n) is 2.61. The smallest absolute Gasteiger partial charge is 0.187 e. The predicted octanol–water partition coefficient (Wildman–Crippen LogP) is 5.82. The van der Waals surface area contributed by atoms with Crippen LogP contribution in [-0.2, 0) is 9.59 Å². The molecule has 0 spiro atoms. The lowest BCUT2D eigenvalue weighted by Crippen LogP contribution is -2.11. The third-order valence-corrected chi connectivity index (χ3v) is 7.03. The number of halogens is 2. The largest absolute Gasteiger partial charge is 0.289 e. The van der Waals surface area contributed by atoms with Gasteiger partial charge in [0.1, 0.15) is 0 Å². The lowest BCUT2D eigenvalue weighted by atomic mass is 9.86. The summed E-state index contributed by atoms with van der Waals surface area (Å²) >= 11 is 9.84. The van der Waals surface area contributed by atoms with Crippen LogP contribution in [0.4, 0.5) is 0 Å². The van der Waals surface area contributed by atoms with Crippen LogP contribution in [0.2, 0.25) is 0 Å². The molecule has 0 fully saturated rings. The predicted molar refractivity (Wildman–Crippen MR) is 106 cm³/mol. The third kappa shape index (κ3) is 2.88. The summed E-state index contributed by atoms with van der Waals surface area (Å²) in [5.74, 6) is -0.0670. The van der Waals surface area contributed by atoms with E-state index >= 15 is 0 Å². The van der Waals surface area contributed by atoms with Crippen LogP contribution in [0.15, 0.2) is 67.3 Å². The molecule has 2 aliphatic carbocycles. The van der Waals surface area contributed by atoms with Gasteiger partial charge >= 0.3 is 0 Å². The van der Waals surface area contributed by atoms with Crippen molar-refractivity contribution in [1.82, 2.24) is 0 Å². The van der Waals surface area contributed by atoms with E-state index in [2.05, 4.69) is 31.9 Å². The third-order valence-electron chi connectivity index (χ3n) is 3.71. The zero-order valence-electron chi connectivity index (χ0n) is 12.0. The molecule has 0 amide bonds. The van der Waals surface area contributed by atoms with Crippen LogP contribution in [-0.4, -0.2) is 11.6 Å². The number of allylic oxidation sites excluding steroid dienone is 8. The molecule has 0 saturated carbocycles. The maximum absolute atomic E-state index is 12.5. The molecule has 4 rings (SSSR count). The quantitative estimate of drug-likeness (QED) is 0.543. The monoisotopic (exact) mass is 478 g/mol. The van der Waals surface area contributed by atoms with Gasteiger partial charge in [0, 0.05) is 20.9 Å². The van der Waals surface area contributed by atoms with Crippen molar-refractivity contribution in [2.75, 3.05) is 0 Å². The van der Waals surface area contributed by atoms with E-state index in [0.29, 0.717) is 11.1 Å². The van der Waals surface area contributed by atoms with Gasteiger partial charge in [-0.3, -0.25) is 9.59 Å². The highest BCUT2D eigenvalue weighted by Gasteiger charge is 2.25. The molecule has 6 heteroatoms. The van der Waals surface area contributed by atoms with E-state index < -0.39 is 0 Å². The second kappa shape index (κ2) is 6.19. The summed E-state index contributed by atoms with van der Waals surface area (Å²) in [5.41, 5.74) is 2.84. The molecule has 0 unspecified atom stereocenters. The first-order valence-corrected chi connectivity index (χ1v) is 10.2. The van der Waals surface area contributed by atoms with Gasteiger partial charge in [-0.1, -0.05) is 0 Å². The maximum atomic E-state index is 12.5. The van der Waals surface area contributed by atoms with Crippen LogP contribution in [0.1, 0.15) is 9.75 Å². The van der Waals surface area contributed by atoms with E-state index in [4.69, 9.17) is 0 Å². The molecular formula is C18H8Br2O2S2. The van der Waals surface area contributed by atoms with Gasteiger partial charge in [-0.2, -0.15) is 0 Å². The molecule has 0 atom stereocenters. The molecule has 0 aliphatic heterocycles. The molecule has 0 aromatic carbocycles. The molecule has 2 heterocycles. The summed E-state index contributed by atoms with van der Waals surface area (Å²) in [5, 5.41) is 0.